The van der Waals surface area contributed by atoms with Crippen molar-refractivity contribution in [2.45, 2.75) is 44.1 Å². The zero-order valence-corrected chi connectivity index (χ0v) is 13.9. The van der Waals surface area contributed by atoms with Gasteiger partial charge in [-0.25, -0.2) is 0 Å². The van der Waals surface area contributed by atoms with Crippen molar-refractivity contribution in [3.05, 3.63) is 59.4 Å². The topological polar surface area (TPSA) is 46.5 Å². The van der Waals surface area contributed by atoms with Crippen molar-refractivity contribution in [3.63, 3.8) is 0 Å². The second-order valence-electron chi connectivity index (χ2n) is 7.22. The molecule has 0 aromatic heterocycles. The molecule has 2 aliphatic carbocycles. The molecule has 3 atom stereocenters. The van der Waals surface area contributed by atoms with Crippen molar-refractivity contribution in [1.82, 2.24) is 0 Å². The molecule has 24 heavy (non-hydrogen) atoms. The van der Waals surface area contributed by atoms with Gasteiger partial charge < -0.3 is 9.84 Å². The van der Waals surface area contributed by atoms with Gasteiger partial charge in [-0.3, -0.25) is 4.79 Å². The first-order valence-corrected chi connectivity index (χ1v) is 9.02. The van der Waals surface area contributed by atoms with Gasteiger partial charge in [-0.2, -0.15) is 0 Å². The number of Topliss-reactive ketones (excluding diaryl/α,β-unsaturated/α-hetero) is 1. The van der Waals surface area contributed by atoms with Crippen LogP contribution in [0.1, 0.15) is 42.7 Å². The zero-order chi connectivity index (χ0) is 16.5. The van der Waals surface area contributed by atoms with E-state index in [0.29, 0.717) is 24.7 Å². The third-order valence-electron chi connectivity index (χ3n) is 5.45. The Labute approximate surface area is 143 Å². The number of aliphatic hydroxyl groups excluding tert-OH is 1. The summed E-state index contributed by atoms with van der Waals surface area (Å²) in [5.74, 6) is 0.890. The summed E-state index contributed by atoms with van der Waals surface area (Å²) in [6, 6.07) is 8.53. The summed E-state index contributed by atoms with van der Waals surface area (Å²) in [6.45, 7) is 0.476. The molecule has 1 heterocycles. The fourth-order valence-electron chi connectivity index (χ4n) is 3.95. The largest absolute Gasteiger partial charge is 0.497 e. The highest BCUT2D eigenvalue weighted by Crippen LogP contribution is 2.43. The molecule has 1 saturated carbocycles. The van der Waals surface area contributed by atoms with Gasteiger partial charge in [0.15, 0.2) is 0 Å². The molecule has 0 radical (unpaired) electrons. The third kappa shape index (κ3) is 3.05. The van der Waals surface area contributed by atoms with E-state index in [0.717, 1.165) is 12.8 Å². The molecule has 0 amide bonds. The van der Waals surface area contributed by atoms with Crippen LogP contribution in [0.15, 0.2) is 48.3 Å². The first-order valence-electron chi connectivity index (χ1n) is 9.02. The highest BCUT2D eigenvalue weighted by molar-refractivity contribution is 5.84. The molecule has 1 aliphatic heterocycles. The number of allylic oxidation sites excluding steroid dienone is 3. The molecule has 1 aromatic rings. The molecule has 1 saturated heterocycles. The molecule has 3 unspecified atom stereocenters. The van der Waals surface area contributed by atoms with Crippen molar-refractivity contribution in [2.24, 2.45) is 11.8 Å². The van der Waals surface area contributed by atoms with Gasteiger partial charge in [0.1, 0.15) is 17.5 Å². The van der Waals surface area contributed by atoms with Crippen molar-refractivity contribution < 1.29 is 14.6 Å². The summed E-state index contributed by atoms with van der Waals surface area (Å²) in [6.07, 6.45) is 9.63. The Kier molecular flexibility index (Phi) is 4.28. The standard InChI is InChI=1S/C21H24O3/c22-18-8-2-1-3-9-19-20(18)21(23)16(13-24-19)12-15-6-4-5-7-17(15)14-10-11-14/h1,3-7,9,14,16,20-21,23H,2,8,10-13H2. The van der Waals surface area contributed by atoms with Crippen LogP contribution in [0, 0.1) is 11.8 Å². The minimum absolute atomic E-state index is 0.0283. The maximum absolute atomic E-state index is 12.5. The molecule has 1 aromatic carbocycles. The number of fused-ring (bicyclic) bond motifs is 1. The van der Waals surface area contributed by atoms with Crippen LogP contribution >= 0.6 is 0 Å². The van der Waals surface area contributed by atoms with E-state index >= 15 is 0 Å². The molecular formula is C21H24O3. The lowest BCUT2D eigenvalue weighted by Gasteiger charge is -2.36. The van der Waals surface area contributed by atoms with Crippen LogP contribution in [0.25, 0.3) is 0 Å². The number of benzene rings is 1. The predicted molar refractivity (Wildman–Crippen MR) is 92.5 cm³/mol. The second kappa shape index (κ2) is 6.56. The number of carbonyl (C=O) groups excluding carboxylic acids is 1. The van der Waals surface area contributed by atoms with E-state index in [9.17, 15) is 9.90 Å². The first-order chi connectivity index (χ1) is 11.7. The molecule has 3 heteroatoms. The van der Waals surface area contributed by atoms with Crippen LogP contribution in [0.2, 0.25) is 0 Å². The number of ether oxygens (including phenoxy) is 1. The number of aliphatic hydroxyl groups is 1. The lowest BCUT2D eigenvalue weighted by molar-refractivity contribution is -0.132. The van der Waals surface area contributed by atoms with Crippen LogP contribution < -0.4 is 0 Å². The maximum atomic E-state index is 12.5. The fourth-order valence-corrected chi connectivity index (χ4v) is 3.95. The van der Waals surface area contributed by atoms with E-state index in [-0.39, 0.29) is 11.7 Å². The van der Waals surface area contributed by atoms with Gasteiger partial charge in [-0.05, 0) is 48.8 Å². The summed E-state index contributed by atoms with van der Waals surface area (Å²) >= 11 is 0. The Morgan fingerprint density at radius 2 is 2.04 bits per heavy atom. The number of rotatable bonds is 3. The van der Waals surface area contributed by atoms with E-state index in [4.69, 9.17) is 4.74 Å². The molecule has 0 bridgehead atoms. The molecule has 4 rings (SSSR count). The Bertz CT molecular complexity index is 684. The van der Waals surface area contributed by atoms with Crippen LogP contribution in [0.4, 0.5) is 0 Å². The van der Waals surface area contributed by atoms with E-state index < -0.39 is 12.0 Å². The van der Waals surface area contributed by atoms with E-state index in [1.807, 2.05) is 18.2 Å². The molecule has 1 N–H and O–H groups in total. The van der Waals surface area contributed by atoms with E-state index in [1.54, 1.807) is 0 Å². The third-order valence-corrected chi connectivity index (χ3v) is 5.45. The highest BCUT2D eigenvalue weighted by Gasteiger charge is 2.41. The minimum Gasteiger partial charge on any atom is -0.497 e. The average molecular weight is 324 g/mol. The number of ketones is 1. The lowest BCUT2D eigenvalue weighted by atomic mass is 9.79. The highest BCUT2D eigenvalue weighted by atomic mass is 16.5. The van der Waals surface area contributed by atoms with Gasteiger partial charge in [0, 0.05) is 12.3 Å². The van der Waals surface area contributed by atoms with Crippen LogP contribution in [0.3, 0.4) is 0 Å². The van der Waals surface area contributed by atoms with Crippen molar-refractivity contribution in [2.75, 3.05) is 6.61 Å². The van der Waals surface area contributed by atoms with Gasteiger partial charge in [-0.15, -0.1) is 0 Å². The minimum atomic E-state index is -0.656. The van der Waals surface area contributed by atoms with Crippen LogP contribution in [-0.2, 0) is 16.0 Å². The van der Waals surface area contributed by atoms with Crippen molar-refractivity contribution in [3.8, 4) is 0 Å². The zero-order valence-electron chi connectivity index (χ0n) is 13.9. The normalized spacial score (nSPS) is 30.0. The fraction of sp³-hybridized carbons (Fsp3) is 0.476. The molecule has 3 aliphatic rings. The summed E-state index contributed by atoms with van der Waals surface area (Å²) in [4.78, 5) is 12.5. The Balaban J connectivity index is 1.56. The molecule has 126 valence electrons. The SMILES string of the molecule is O=C1CCC=CC=C2OCC(Cc3ccccc3C3CC3)C(O)C12. The van der Waals surface area contributed by atoms with Gasteiger partial charge >= 0.3 is 0 Å². The van der Waals surface area contributed by atoms with Gasteiger partial charge in [0.2, 0.25) is 0 Å². The van der Waals surface area contributed by atoms with E-state index in [2.05, 4.69) is 24.3 Å². The number of hydrogen-bond acceptors (Lipinski definition) is 3. The van der Waals surface area contributed by atoms with Gasteiger partial charge in [-0.1, -0.05) is 36.4 Å². The molecule has 0 spiro atoms. The van der Waals surface area contributed by atoms with Gasteiger partial charge in [0.25, 0.3) is 0 Å². The van der Waals surface area contributed by atoms with Gasteiger partial charge in [0.05, 0.1) is 12.7 Å². The Hall–Kier alpha value is -1.87. The summed E-state index contributed by atoms with van der Waals surface area (Å²) in [5.41, 5.74) is 2.72. The van der Waals surface area contributed by atoms with Crippen LogP contribution in [0.5, 0.6) is 0 Å². The quantitative estimate of drug-likeness (QED) is 0.925. The molecule has 2 fully saturated rings. The number of hydrogen-bond donors (Lipinski definition) is 1. The van der Waals surface area contributed by atoms with Crippen LogP contribution in [-0.4, -0.2) is 23.6 Å². The maximum Gasteiger partial charge on any atom is 0.146 e. The molecule has 3 nitrogen and oxygen atoms in total. The Morgan fingerprint density at radius 1 is 1.21 bits per heavy atom. The summed E-state index contributed by atoms with van der Waals surface area (Å²) < 4.78 is 5.89. The van der Waals surface area contributed by atoms with Crippen molar-refractivity contribution >= 4 is 5.78 Å². The summed E-state index contributed by atoms with van der Waals surface area (Å²) in [5, 5.41) is 10.9. The van der Waals surface area contributed by atoms with E-state index in [1.165, 1.54) is 24.0 Å². The number of carbonyl (C=O) groups is 1. The lowest BCUT2D eigenvalue weighted by Crippen LogP contribution is -2.44. The summed E-state index contributed by atoms with van der Waals surface area (Å²) in [7, 11) is 0. The smallest absolute Gasteiger partial charge is 0.146 e. The average Bonchev–Trinajstić information content (AvgIpc) is 3.40. The second-order valence-corrected chi connectivity index (χ2v) is 7.22. The monoisotopic (exact) mass is 324 g/mol. The first kappa shape index (κ1) is 15.6. The predicted octanol–water partition coefficient (Wildman–Crippen LogP) is 3.53. The Morgan fingerprint density at radius 3 is 2.88 bits per heavy atom. The molecular weight excluding hydrogens is 300 g/mol. The van der Waals surface area contributed by atoms with Crippen molar-refractivity contribution in [1.29, 1.82) is 0 Å².